The van der Waals surface area contributed by atoms with Crippen molar-refractivity contribution in [1.82, 2.24) is 0 Å². The summed E-state index contributed by atoms with van der Waals surface area (Å²) < 4.78 is 47.4. The standard InChI is InChI=1S/C25H18ClF3N2O4/c26-18-5-2-1-4-17(18)15-9-11-24(12-10-15,25(27,28)29)23(34)30-16-7-8-20(32)19(14-16)31-22(33)21-6-3-13-35-21/h1-11,13-14,32H,12H2,(H,30,34)(H,31,33). The van der Waals surface area contributed by atoms with Gasteiger partial charge in [0.05, 0.1) is 12.0 Å². The van der Waals surface area contributed by atoms with Gasteiger partial charge in [0.1, 0.15) is 5.75 Å². The molecule has 3 N–H and O–H groups in total. The maximum Gasteiger partial charge on any atom is 0.406 e. The van der Waals surface area contributed by atoms with Gasteiger partial charge < -0.3 is 20.2 Å². The molecule has 1 heterocycles. The molecule has 35 heavy (non-hydrogen) atoms. The van der Waals surface area contributed by atoms with Crippen LogP contribution in [-0.4, -0.2) is 23.1 Å². The first-order valence-corrected chi connectivity index (χ1v) is 10.7. The molecule has 180 valence electrons. The molecule has 1 aliphatic rings. The Morgan fingerprint density at radius 3 is 2.46 bits per heavy atom. The second-order valence-electron chi connectivity index (χ2n) is 7.76. The molecule has 2 amide bonds. The summed E-state index contributed by atoms with van der Waals surface area (Å²) in [6.45, 7) is 0. The lowest BCUT2D eigenvalue weighted by molar-refractivity contribution is -0.203. The van der Waals surface area contributed by atoms with E-state index in [-0.39, 0.29) is 22.9 Å². The van der Waals surface area contributed by atoms with Gasteiger partial charge in [-0.05, 0) is 54.0 Å². The Kier molecular flexibility index (Phi) is 6.45. The summed E-state index contributed by atoms with van der Waals surface area (Å²) in [6.07, 6.45) is -0.890. The zero-order chi connectivity index (χ0) is 25.2. The Morgan fingerprint density at radius 1 is 1.06 bits per heavy atom. The van der Waals surface area contributed by atoms with Gasteiger partial charge in [-0.15, -0.1) is 0 Å². The highest BCUT2D eigenvalue weighted by Gasteiger charge is 2.58. The number of anilines is 2. The number of phenols is 1. The second kappa shape index (κ2) is 9.34. The lowest BCUT2D eigenvalue weighted by Gasteiger charge is -2.33. The first-order valence-electron chi connectivity index (χ1n) is 10.3. The molecule has 1 unspecified atom stereocenters. The predicted molar refractivity (Wildman–Crippen MR) is 125 cm³/mol. The molecule has 0 fully saturated rings. The van der Waals surface area contributed by atoms with E-state index in [1.54, 1.807) is 24.3 Å². The topological polar surface area (TPSA) is 91.6 Å². The Morgan fingerprint density at radius 2 is 1.83 bits per heavy atom. The van der Waals surface area contributed by atoms with Crippen molar-refractivity contribution in [3.63, 3.8) is 0 Å². The van der Waals surface area contributed by atoms with Crippen molar-refractivity contribution in [3.05, 3.63) is 95.4 Å². The fourth-order valence-electron chi connectivity index (χ4n) is 3.59. The van der Waals surface area contributed by atoms with Crippen LogP contribution < -0.4 is 10.6 Å². The highest BCUT2D eigenvalue weighted by atomic mass is 35.5. The van der Waals surface area contributed by atoms with Crippen molar-refractivity contribution >= 4 is 40.4 Å². The van der Waals surface area contributed by atoms with Gasteiger partial charge in [-0.25, -0.2) is 0 Å². The number of furan rings is 1. The fraction of sp³-hybridized carbons (Fsp3) is 0.120. The van der Waals surface area contributed by atoms with Crippen LogP contribution in [0.5, 0.6) is 5.75 Å². The molecule has 0 saturated heterocycles. The number of alkyl halides is 3. The monoisotopic (exact) mass is 502 g/mol. The van der Waals surface area contributed by atoms with E-state index in [4.69, 9.17) is 16.0 Å². The van der Waals surface area contributed by atoms with Gasteiger partial charge in [-0.3, -0.25) is 9.59 Å². The summed E-state index contributed by atoms with van der Waals surface area (Å²) in [5.74, 6) is -2.39. The van der Waals surface area contributed by atoms with Crippen LogP contribution in [0.3, 0.4) is 0 Å². The highest BCUT2D eigenvalue weighted by Crippen LogP contribution is 2.47. The molecule has 1 atom stereocenters. The quantitative estimate of drug-likeness (QED) is 0.277. The number of carbonyl (C=O) groups excluding carboxylic acids is 2. The Balaban J connectivity index is 1.57. The van der Waals surface area contributed by atoms with Crippen LogP contribution in [-0.2, 0) is 4.79 Å². The van der Waals surface area contributed by atoms with E-state index in [0.29, 0.717) is 16.2 Å². The summed E-state index contributed by atoms with van der Waals surface area (Å²) in [5.41, 5.74) is -1.98. The third-order valence-corrected chi connectivity index (χ3v) is 5.86. The summed E-state index contributed by atoms with van der Waals surface area (Å²) in [6, 6.07) is 13.1. The lowest BCUT2D eigenvalue weighted by Crippen LogP contribution is -2.47. The molecule has 0 aliphatic heterocycles. The van der Waals surface area contributed by atoms with Crippen molar-refractivity contribution in [1.29, 1.82) is 0 Å². The average molecular weight is 503 g/mol. The number of carbonyl (C=O) groups is 2. The summed E-state index contributed by atoms with van der Waals surface area (Å²) in [7, 11) is 0. The normalized spacial score (nSPS) is 17.5. The average Bonchev–Trinajstić information content (AvgIpc) is 3.36. The number of nitrogens with one attached hydrogen (secondary N) is 2. The Hall–Kier alpha value is -3.98. The van der Waals surface area contributed by atoms with E-state index in [1.807, 2.05) is 0 Å². The van der Waals surface area contributed by atoms with Crippen molar-refractivity contribution in [2.45, 2.75) is 12.6 Å². The summed E-state index contributed by atoms with van der Waals surface area (Å²) >= 11 is 6.15. The van der Waals surface area contributed by atoms with E-state index in [2.05, 4.69) is 10.6 Å². The molecule has 6 nitrogen and oxygen atoms in total. The van der Waals surface area contributed by atoms with Crippen molar-refractivity contribution in [3.8, 4) is 5.75 Å². The van der Waals surface area contributed by atoms with Crippen molar-refractivity contribution in [2.75, 3.05) is 10.6 Å². The first kappa shape index (κ1) is 24.2. The second-order valence-corrected chi connectivity index (χ2v) is 8.17. The molecule has 4 rings (SSSR count). The molecule has 3 aromatic rings. The first-order chi connectivity index (χ1) is 16.6. The third kappa shape index (κ3) is 4.81. The molecule has 0 radical (unpaired) electrons. The van der Waals surface area contributed by atoms with Crippen molar-refractivity contribution < 1.29 is 32.3 Å². The maximum absolute atomic E-state index is 14.2. The number of allylic oxidation sites excluding steroid dienone is 3. The number of halogens is 4. The predicted octanol–water partition coefficient (Wildman–Crippen LogP) is 6.42. The highest BCUT2D eigenvalue weighted by molar-refractivity contribution is 6.32. The molecule has 10 heteroatoms. The number of phenolic OH excluding ortho intramolecular Hbond substituents is 1. The molecule has 2 aromatic carbocycles. The minimum absolute atomic E-state index is 0.0386. The zero-order valence-corrected chi connectivity index (χ0v) is 18.7. The smallest absolute Gasteiger partial charge is 0.406 e. The number of hydrogen-bond acceptors (Lipinski definition) is 4. The van der Waals surface area contributed by atoms with Gasteiger partial charge in [-0.2, -0.15) is 13.2 Å². The van der Waals surface area contributed by atoms with Crippen LogP contribution in [0.2, 0.25) is 5.02 Å². The molecule has 0 saturated carbocycles. The number of aromatic hydroxyl groups is 1. The van der Waals surface area contributed by atoms with Gasteiger partial charge in [-0.1, -0.05) is 48.0 Å². The van der Waals surface area contributed by atoms with Crippen LogP contribution in [0.15, 0.2) is 83.5 Å². The van der Waals surface area contributed by atoms with E-state index < -0.39 is 29.8 Å². The van der Waals surface area contributed by atoms with Crippen LogP contribution in [0, 0.1) is 5.41 Å². The minimum atomic E-state index is -4.90. The van der Waals surface area contributed by atoms with Gasteiger partial charge in [0.2, 0.25) is 5.91 Å². The molecular weight excluding hydrogens is 485 g/mol. The van der Waals surface area contributed by atoms with E-state index >= 15 is 0 Å². The zero-order valence-electron chi connectivity index (χ0n) is 17.9. The Labute approximate surface area is 202 Å². The Bertz CT molecular complexity index is 1330. The van der Waals surface area contributed by atoms with Crippen LogP contribution in [0.4, 0.5) is 24.5 Å². The van der Waals surface area contributed by atoms with E-state index in [9.17, 15) is 27.9 Å². The number of hydrogen-bond donors (Lipinski definition) is 3. The largest absolute Gasteiger partial charge is 0.506 e. The maximum atomic E-state index is 14.2. The lowest BCUT2D eigenvalue weighted by atomic mass is 9.77. The van der Waals surface area contributed by atoms with Gasteiger partial charge in [0, 0.05) is 10.7 Å². The number of amides is 2. The van der Waals surface area contributed by atoms with Gasteiger partial charge >= 0.3 is 6.18 Å². The summed E-state index contributed by atoms with van der Waals surface area (Å²) in [5, 5.41) is 15.0. The molecule has 0 bridgehead atoms. The van der Waals surface area contributed by atoms with Crippen LogP contribution in [0.1, 0.15) is 22.5 Å². The number of benzene rings is 2. The van der Waals surface area contributed by atoms with Crippen LogP contribution >= 0.6 is 11.6 Å². The van der Waals surface area contributed by atoms with E-state index in [0.717, 1.165) is 18.2 Å². The third-order valence-electron chi connectivity index (χ3n) is 5.53. The minimum Gasteiger partial charge on any atom is -0.506 e. The van der Waals surface area contributed by atoms with Crippen LogP contribution in [0.25, 0.3) is 5.57 Å². The molecular formula is C25H18ClF3N2O4. The molecule has 1 aliphatic carbocycles. The van der Waals surface area contributed by atoms with Gasteiger partial charge in [0.15, 0.2) is 11.2 Å². The number of rotatable bonds is 5. The van der Waals surface area contributed by atoms with Gasteiger partial charge in [0.25, 0.3) is 5.91 Å². The molecule has 1 aromatic heterocycles. The van der Waals surface area contributed by atoms with Crippen molar-refractivity contribution in [2.24, 2.45) is 5.41 Å². The summed E-state index contributed by atoms with van der Waals surface area (Å²) in [4.78, 5) is 25.1. The fourth-order valence-corrected chi connectivity index (χ4v) is 3.83. The SMILES string of the molecule is O=C(Nc1cc(NC(=O)C2(C(F)(F)F)C=CC(c3ccccc3Cl)=CC2)ccc1O)c1ccco1. The van der Waals surface area contributed by atoms with E-state index in [1.165, 1.54) is 36.6 Å². The molecule has 0 spiro atoms.